The molecule has 35 heavy (non-hydrogen) atoms. The van der Waals surface area contributed by atoms with Crippen LogP contribution in [-0.4, -0.2) is 0 Å². The average molecular weight is 485 g/mol. The predicted octanol–water partition coefficient (Wildman–Crippen LogP) is 10.5. The quantitative estimate of drug-likeness (QED) is 0.229. The zero-order valence-corrected chi connectivity index (χ0v) is 22.3. The third-order valence-electron chi connectivity index (χ3n) is 9.96. The summed E-state index contributed by atoms with van der Waals surface area (Å²) in [7, 11) is 0. The average Bonchev–Trinajstić information content (AvgIpc) is 2.90. The Bertz CT molecular complexity index is 759. The van der Waals surface area contributed by atoms with Gasteiger partial charge in [-0.2, -0.15) is 0 Å². The molecule has 1 aromatic rings. The van der Waals surface area contributed by atoms with Gasteiger partial charge in [-0.15, -0.1) is 0 Å². The van der Waals surface area contributed by atoms with Crippen LogP contribution >= 0.6 is 0 Å². The number of aryl methyl sites for hydroxylation is 1. The zero-order chi connectivity index (χ0) is 24.5. The Kier molecular flexibility index (Phi) is 10.7. The summed E-state index contributed by atoms with van der Waals surface area (Å²) in [6.07, 6.45) is 29.9. The van der Waals surface area contributed by atoms with Crippen LogP contribution in [0.1, 0.15) is 122 Å². The maximum Gasteiger partial charge on any atom is 0.159 e. The number of allylic oxidation sites excluding steroid dienone is 2. The van der Waals surface area contributed by atoms with E-state index < -0.39 is 11.6 Å². The van der Waals surface area contributed by atoms with E-state index in [1.165, 1.54) is 115 Å². The van der Waals surface area contributed by atoms with Crippen molar-refractivity contribution in [1.82, 2.24) is 0 Å². The van der Waals surface area contributed by atoms with Crippen LogP contribution in [0, 0.1) is 47.1 Å². The molecule has 3 saturated carbocycles. The standard InChI is InChI=1S/C33H50F2/c1-2-3-4-5-25-14-19-30(20-15-25)31-21-16-28(17-22-31)11-10-26-6-8-27(9-7-26)12-13-29-18-23-32(34)33(35)24-29/h10-11,18,23-28,30-31H,2-9,12-17,19-22H2,1H3/t25-,26-,27-,28-,30-,31-. The van der Waals surface area contributed by atoms with Crippen LogP contribution in [0.3, 0.4) is 0 Å². The lowest BCUT2D eigenvalue weighted by Gasteiger charge is -2.37. The largest absolute Gasteiger partial charge is 0.204 e. The molecule has 3 fully saturated rings. The van der Waals surface area contributed by atoms with Gasteiger partial charge in [-0.1, -0.05) is 63.7 Å². The van der Waals surface area contributed by atoms with E-state index in [4.69, 9.17) is 0 Å². The predicted molar refractivity (Wildman–Crippen MR) is 144 cm³/mol. The smallest absolute Gasteiger partial charge is 0.159 e. The zero-order valence-electron chi connectivity index (χ0n) is 22.3. The minimum atomic E-state index is -0.741. The van der Waals surface area contributed by atoms with Gasteiger partial charge in [0.25, 0.3) is 0 Å². The Morgan fingerprint density at radius 1 is 0.657 bits per heavy atom. The number of benzene rings is 1. The maximum atomic E-state index is 13.4. The molecule has 0 aliphatic heterocycles. The van der Waals surface area contributed by atoms with E-state index in [1.807, 2.05) is 0 Å². The highest BCUT2D eigenvalue weighted by Crippen LogP contribution is 2.43. The summed E-state index contributed by atoms with van der Waals surface area (Å²) in [6.45, 7) is 2.32. The fourth-order valence-electron chi connectivity index (χ4n) is 7.49. The van der Waals surface area contributed by atoms with Crippen molar-refractivity contribution in [2.75, 3.05) is 0 Å². The van der Waals surface area contributed by atoms with Crippen LogP contribution in [0.15, 0.2) is 30.4 Å². The maximum absolute atomic E-state index is 13.4. The molecule has 1 aromatic carbocycles. The van der Waals surface area contributed by atoms with Crippen molar-refractivity contribution in [2.24, 2.45) is 35.5 Å². The molecule has 196 valence electrons. The highest BCUT2D eigenvalue weighted by atomic mass is 19.2. The van der Waals surface area contributed by atoms with Gasteiger partial charge in [-0.3, -0.25) is 0 Å². The number of rotatable bonds is 10. The molecule has 0 unspecified atom stereocenters. The van der Waals surface area contributed by atoms with Crippen molar-refractivity contribution in [3.8, 4) is 0 Å². The Morgan fingerprint density at radius 2 is 1.20 bits per heavy atom. The van der Waals surface area contributed by atoms with Crippen LogP contribution in [0.5, 0.6) is 0 Å². The Balaban J connectivity index is 1.09. The molecular formula is C33H50F2. The molecule has 0 radical (unpaired) electrons. The van der Waals surface area contributed by atoms with Crippen LogP contribution in [0.2, 0.25) is 0 Å². The molecule has 0 bridgehead atoms. The molecule has 0 amide bonds. The van der Waals surface area contributed by atoms with Crippen LogP contribution < -0.4 is 0 Å². The highest BCUT2D eigenvalue weighted by molar-refractivity contribution is 5.18. The normalized spacial score (nSPS) is 32.2. The van der Waals surface area contributed by atoms with Gasteiger partial charge in [-0.05, 0) is 130 Å². The fourth-order valence-corrected chi connectivity index (χ4v) is 7.49. The van der Waals surface area contributed by atoms with Crippen molar-refractivity contribution in [3.63, 3.8) is 0 Å². The van der Waals surface area contributed by atoms with Gasteiger partial charge in [-0.25, -0.2) is 8.78 Å². The van der Waals surface area contributed by atoms with E-state index in [2.05, 4.69) is 19.1 Å². The number of unbranched alkanes of at least 4 members (excludes halogenated alkanes) is 2. The van der Waals surface area contributed by atoms with Crippen LogP contribution in [0.25, 0.3) is 0 Å². The molecule has 0 atom stereocenters. The molecule has 0 saturated heterocycles. The second kappa shape index (κ2) is 13.9. The number of hydrogen-bond donors (Lipinski definition) is 0. The summed E-state index contributed by atoms with van der Waals surface area (Å²) in [6, 6.07) is 4.37. The summed E-state index contributed by atoms with van der Waals surface area (Å²) in [5, 5.41) is 0. The molecule has 0 nitrogen and oxygen atoms in total. The second-order valence-electron chi connectivity index (χ2n) is 12.4. The van der Waals surface area contributed by atoms with Crippen molar-refractivity contribution < 1.29 is 8.78 Å². The van der Waals surface area contributed by atoms with Gasteiger partial charge >= 0.3 is 0 Å². The Morgan fingerprint density at radius 3 is 1.80 bits per heavy atom. The summed E-state index contributed by atoms with van der Waals surface area (Å²) in [4.78, 5) is 0. The number of halogens is 2. The van der Waals surface area contributed by atoms with Gasteiger partial charge in [0.2, 0.25) is 0 Å². The van der Waals surface area contributed by atoms with Crippen LogP contribution in [-0.2, 0) is 6.42 Å². The van der Waals surface area contributed by atoms with E-state index >= 15 is 0 Å². The molecule has 3 aliphatic rings. The number of hydrogen-bond acceptors (Lipinski definition) is 0. The van der Waals surface area contributed by atoms with Crippen molar-refractivity contribution in [3.05, 3.63) is 47.5 Å². The lowest BCUT2D eigenvalue weighted by Crippen LogP contribution is -2.25. The van der Waals surface area contributed by atoms with Gasteiger partial charge in [0.1, 0.15) is 0 Å². The Hall–Kier alpha value is -1.18. The van der Waals surface area contributed by atoms with E-state index in [-0.39, 0.29) is 0 Å². The summed E-state index contributed by atoms with van der Waals surface area (Å²) >= 11 is 0. The molecule has 0 heterocycles. The fraction of sp³-hybridized carbons (Fsp3) is 0.758. The minimum Gasteiger partial charge on any atom is -0.204 e. The van der Waals surface area contributed by atoms with Gasteiger partial charge in [0.15, 0.2) is 11.6 Å². The second-order valence-corrected chi connectivity index (χ2v) is 12.4. The van der Waals surface area contributed by atoms with E-state index in [1.54, 1.807) is 6.07 Å². The lowest BCUT2D eigenvalue weighted by molar-refractivity contribution is 0.151. The monoisotopic (exact) mass is 484 g/mol. The Labute approximate surface area is 214 Å². The molecule has 0 spiro atoms. The van der Waals surface area contributed by atoms with Crippen molar-refractivity contribution >= 4 is 0 Å². The first kappa shape index (κ1) is 26.9. The first-order chi connectivity index (χ1) is 17.1. The lowest BCUT2D eigenvalue weighted by atomic mass is 9.68. The highest BCUT2D eigenvalue weighted by Gasteiger charge is 2.30. The third kappa shape index (κ3) is 8.43. The first-order valence-electron chi connectivity index (χ1n) is 15.2. The summed E-state index contributed by atoms with van der Waals surface area (Å²) in [5.41, 5.74) is 0.932. The summed E-state index contributed by atoms with van der Waals surface area (Å²) in [5.74, 6) is 3.96. The minimum absolute atomic E-state index is 0.712. The van der Waals surface area contributed by atoms with E-state index in [9.17, 15) is 8.78 Å². The molecular weight excluding hydrogens is 434 g/mol. The first-order valence-corrected chi connectivity index (χ1v) is 15.2. The van der Waals surface area contributed by atoms with Gasteiger partial charge < -0.3 is 0 Å². The van der Waals surface area contributed by atoms with Crippen molar-refractivity contribution in [1.29, 1.82) is 0 Å². The summed E-state index contributed by atoms with van der Waals surface area (Å²) < 4.78 is 26.6. The van der Waals surface area contributed by atoms with E-state index in [0.717, 1.165) is 53.9 Å². The third-order valence-corrected chi connectivity index (χ3v) is 9.96. The van der Waals surface area contributed by atoms with Gasteiger partial charge in [0, 0.05) is 0 Å². The molecule has 3 aliphatic carbocycles. The molecule has 0 N–H and O–H groups in total. The molecule has 4 rings (SSSR count). The van der Waals surface area contributed by atoms with Crippen LogP contribution in [0.4, 0.5) is 8.78 Å². The molecule has 0 aromatic heterocycles. The van der Waals surface area contributed by atoms with Gasteiger partial charge in [0.05, 0.1) is 0 Å². The topological polar surface area (TPSA) is 0 Å². The SMILES string of the molecule is CCCCC[C@H]1CC[C@H]([C@H]2CC[C@H](C=C[C@H]3CC[C@H](CCc4ccc(F)c(F)c4)CC3)CC2)CC1. The molecule has 2 heteroatoms. The van der Waals surface area contributed by atoms with E-state index in [0.29, 0.717) is 0 Å². The van der Waals surface area contributed by atoms with Crippen molar-refractivity contribution in [2.45, 2.75) is 122 Å².